The highest BCUT2D eigenvalue weighted by Gasteiger charge is 2.16. The number of amides is 1. The number of benzene rings is 1. The standard InChI is InChI=1S/C21H27N3O2S/c1-13(2)26-17-10-8-16(9-11-17)7-6-14(3)22-20(25)19-12-18-15(4)23-24(5)21(18)27-19/h8-14H,6-7H2,1-5H3,(H,22,25). The maximum Gasteiger partial charge on any atom is 0.261 e. The quantitative estimate of drug-likeness (QED) is 0.652. The molecule has 2 aromatic heterocycles. The van der Waals surface area contributed by atoms with E-state index in [2.05, 4.69) is 22.5 Å². The second-order valence-corrected chi connectivity index (χ2v) is 8.29. The number of hydrogen-bond acceptors (Lipinski definition) is 4. The van der Waals surface area contributed by atoms with Crippen LogP contribution in [0.3, 0.4) is 0 Å². The zero-order chi connectivity index (χ0) is 19.6. The van der Waals surface area contributed by atoms with Gasteiger partial charge < -0.3 is 10.1 Å². The number of ether oxygens (including phenoxy) is 1. The molecular weight excluding hydrogens is 358 g/mol. The van der Waals surface area contributed by atoms with Gasteiger partial charge in [-0.15, -0.1) is 11.3 Å². The molecule has 6 heteroatoms. The van der Waals surface area contributed by atoms with Crippen molar-refractivity contribution in [1.82, 2.24) is 15.1 Å². The SMILES string of the molecule is Cc1nn(C)c2sc(C(=O)NC(C)CCc3ccc(OC(C)C)cc3)cc12. The summed E-state index contributed by atoms with van der Waals surface area (Å²) in [4.78, 5) is 14.3. The number of thiophene rings is 1. The van der Waals surface area contributed by atoms with Gasteiger partial charge in [0.1, 0.15) is 10.6 Å². The molecule has 1 N–H and O–H groups in total. The molecule has 144 valence electrons. The Morgan fingerprint density at radius 1 is 1.26 bits per heavy atom. The number of carbonyl (C=O) groups excluding carboxylic acids is 1. The Kier molecular flexibility index (Phi) is 5.85. The van der Waals surface area contributed by atoms with Crippen molar-refractivity contribution >= 4 is 27.5 Å². The lowest BCUT2D eigenvalue weighted by molar-refractivity contribution is 0.0942. The van der Waals surface area contributed by atoms with Gasteiger partial charge in [0.15, 0.2) is 0 Å². The number of fused-ring (bicyclic) bond motifs is 1. The lowest BCUT2D eigenvalue weighted by Crippen LogP contribution is -2.32. The van der Waals surface area contributed by atoms with Crippen molar-refractivity contribution < 1.29 is 9.53 Å². The van der Waals surface area contributed by atoms with Crippen LogP contribution >= 0.6 is 11.3 Å². The van der Waals surface area contributed by atoms with Crippen LogP contribution in [-0.2, 0) is 13.5 Å². The van der Waals surface area contributed by atoms with Crippen LogP contribution in [0.2, 0.25) is 0 Å². The van der Waals surface area contributed by atoms with E-state index in [-0.39, 0.29) is 18.1 Å². The van der Waals surface area contributed by atoms with Crippen molar-refractivity contribution in [2.75, 3.05) is 0 Å². The summed E-state index contributed by atoms with van der Waals surface area (Å²) in [6, 6.07) is 10.2. The highest BCUT2D eigenvalue weighted by atomic mass is 32.1. The predicted octanol–water partition coefficient (Wildman–Crippen LogP) is 4.48. The Labute approximate surface area is 164 Å². The second kappa shape index (κ2) is 8.13. The van der Waals surface area contributed by atoms with Crippen molar-refractivity contribution in [2.45, 2.75) is 52.7 Å². The van der Waals surface area contributed by atoms with E-state index in [0.29, 0.717) is 0 Å². The summed E-state index contributed by atoms with van der Waals surface area (Å²) in [5.41, 5.74) is 2.21. The molecule has 0 saturated carbocycles. The molecule has 2 heterocycles. The molecule has 0 aliphatic heterocycles. The Balaban J connectivity index is 1.54. The first-order valence-corrected chi connectivity index (χ1v) is 10.1. The summed E-state index contributed by atoms with van der Waals surface area (Å²) in [6.45, 7) is 8.06. The van der Waals surface area contributed by atoms with Gasteiger partial charge in [0.25, 0.3) is 5.91 Å². The van der Waals surface area contributed by atoms with Gasteiger partial charge in [-0.05, 0) is 64.3 Å². The van der Waals surface area contributed by atoms with Gasteiger partial charge in [-0.3, -0.25) is 9.48 Å². The smallest absolute Gasteiger partial charge is 0.261 e. The molecule has 0 bridgehead atoms. The van der Waals surface area contributed by atoms with E-state index in [0.717, 1.165) is 39.4 Å². The summed E-state index contributed by atoms with van der Waals surface area (Å²) in [6.07, 6.45) is 1.99. The Morgan fingerprint density at radius 3 is 2.59 bits per heavy atom. The molecule has 0 radical (unpaired) electrons. The highest BCUT2D eigenvalue weighted by molar-refractivity contribution is 7.20. The third-order valence-corrected chi connectivity index (χ3v) is 5.66. The lowest BCUT2D eigenvalue weighted by atomic mass is 10.1. The van der Waals surface area contributed by atoms with Gasteiger partial charge in [-0.25, -0.2) is 0 Å². The zero-order valence-corrected chi connectivity index (χ0v) is 17.4. The summed E-state index contributed by atoms with van der Waals surface area (Å²) >= 11 is 1.49. The molecular formula is C21H27N3O2S. The number of carbonyl (C=O) groups is 1. The number of hydrogen-bond donors (Lipinski definition) is 1. The Morgan fingerprint density at radius 2 is 1.96 bits per heavy atom. The van der Waals surface area contributed by atoms with E-state index in [4.69, 9.17) is 4.74 Å². The summed E-state index contributed by atoms with van der Waals surface area (Å²) in [5.74, 6) is 0.883. The van der Waals surface area contributed by atoms with Crippen molar-refractivity contribution in [2.24, 2.45) is 7.05 Å². The van der Waals surface area contributed by atoms with Crippen molar-refractivity contribution in [3.05, 3.63) is 46.5 Å². The van der Waals surface area contributed by atoms with E-state index in [1.165, 1.54) is 16.9 Å². The molecule has 0 spiro atoms. The fourth-order valence-corrected chi connectivity index (χ4v) is 4.10. The third kappa shape index (κ3) is 4.69. The van der Waals surface area contributed by atoms with Gasteiger partial charge in [0.2, 0.25) is 0 Å². The third-order valence-electron chi connectivity index (χ3n) is 4.46. The molecule has 0 saturated heterocycles. The van der Waals surface area contributed by atoms with Crippen LogP contribution in [0.15, 0.2) is 30.3 Å². The highest BCUT2D eigenvalue weighted by Crippen LogP contribution is 2.27. The molecule has 1 aromatic carbocycles. The van der Waals surface area contributed by atoms with Gasteiger partial charge in [-0.1, -0.05) is 12.1 Å². The molecule has 1 amide bonds. The maximum absolute atomic E-state index is 12.6. The van der Waals surface area contributed by atoms with E-state index in [1.54, 1.807) is 0 Å². The average molecular weight is 386 g/mol. The molecule has 3 rings (SSSR count). The largest absolute Gasteiger partial charge is 0.491 e. The first-order chi connectivity index (χ1) is 12.8. The number of nitrogens with one attached hydrogen (secondary N) is 1. The topological polar surface area (TPSA) is 56.2 Å². The number of aryl methyl sites for hydroxylation is 3. The Bertz CT molecular complexity index is 890. The Hall–Kier alpha value is -2.34. The monoisotopic (exact) mass is 385 g/mol. The summed E-state index contributed by atoms with van der Waals surface area (Å²) in [5, 5.41) is 8.55. The summed E-state index contributed by atoms with van der Waals surface area (Å²) in [7, 11) is 1.91. The fraction of sp³-hybridized carbons (Fsp3) is 0.429. The molecule has 1 unspecified atom stereocenters. The minimum absolute atomic E-state index is 0.0104. The van der Waals surface area contributed by atoms with E-state index < -0.39 is 0 Å². The van der Waals surface area contributed by atoms with Gasteiger partial charge in [-0.2, -0.15) is 5.10 Å². The summed E-state index contributed by atoms with van der Waals surface area (Å²) < 4.78 is 7.50. The molecule has 0 aliphatic carbocycles. The van der Waals surface area contributed by atoms with Crippen molar-refractivity contribution in [3.63, 3.8) is 0 Å². The molecule has 27 heavy (non-hydrogen) atoms. The second-order valence-electron chi connectivity index (χ2n) is 7.26. The number of rotatable bonds is 7. The molecule has 1 atom stereocenters. The van der Waals surface area contributed by atoms with Crippen molar-refractivity contribution in [1.29, 1.82) is 0 Å². The molecule has 5 nitrogen and oxygen atoms in total. The van der Waals surface area contributed by atoms with Crippen LogP contribution in [-0.4, -0.2) is 27.8 Å². The lowest BCUT2D eigenvalue weighted by Gasteiger charge is -2.14. The van der Waals surface area contributed by atoms with Gasteiger partial charge >= 0.3 is 0 Å². The average Bonchev–Trinajstić information content (AvgIpc) is 3.16. The van der Waals surface area contributed by atoms with Crippen LogP contribution < -0.4 is 10.1 Å². The van der Waals surface area contributed by atoms with Crippen LogP contribution in [0.5, 0.6) is 5.75 Å². The maximum atomic E-state index is 12.6. The van der Waals surface area contributed by atoms with Crippen LogP contribution in [0.25, 0.3) is 10.2 Å². The number of nitrogens with zero attached hydrogens (tertiary/aromatic N) is 2. The van der Waals surface area contributed by atoms with Gasteiger partial charge in [0.05, 0.1) is 16.7 Å². The van der Waals surface area contributed by atoms with E-state index in [1.807, 2.05) is 57.6 Å². The minimum atomic E-state index is -0.0104. The minimum Gasteiger partial charge on any atom is -0.491 e. The normalized spacial score (nSPS) is 12.5. The van der Waals surface area contributed by atoms with E-state index >= 15 is 0 Å². The first kappa shape index (κ1) is 19.4. The van der Waals surface area contributed by atoms with Crippen LogP contribution in [0, 0.1) is 6.92 Å². The molecule has 3 aromatic rings. The number of aromatic nitrogens is 2. The zero-order valence-electron chi connectivity index (χ0n) is 16.6. The van der Waals surface area contributed by atoms with Gasteiger partial charge in [0, 0.05) is 18.5 Å². The van der Waals surface area contributed by atoms with E-state index in [9.17, 15) is 4.79 Å². The molecule has 0 fully saturated rings. The van der Waals surface area contributed by atoms with Crippen LogP contribution in [0.1, 0.15) is 48.1 Å². The van der Waals surface area contributed by atoms with Crippen LogP contribution in [0.4, 0.5) is 0 Å². The first-order valence-electron chi connectivity index (χ1n) is 9.33. The molecule has 0 aliphatic rings. The van der Waals surface area contributed by atoms with Crippen molar-refractivity contribution in [3.8, 4) is 5.75 Å². The fourth-order valence-electron chi connectivity index (χ4n) is 3.07. The predicted molar refractivity (Wildman–Crippen MR) is 111 cm³/mol.